The lowest BCUT2D eigenvalue weighted by atomic mass is 10.1. The van der Waals surface area contributed by atoms with E-state index in [1.165, 1.54) is 37.3 Å². The van der Waals surface area contributed by atoms with Crippen molar-refractivity contribution in [1.82, 2.24) is 0 Å². The smallest absolute Gasteiger partial charge is 0.259 e. The minimum Gasteiger partial charge on any atom is -0.259 e. The van der Waals surface area contributed by atoms with Crippen LogP contribution in [0.15, 0.2) is 40.4 Å². The quantitative estimate of drug-likeness (QED) is 0.621. The molecular formula is C12H10N2O6S. The maximum absolute atomic E-state index is 11.9. The largest absolute Gasteiger partial charge is 0.269 e. The second kappa shape index (κ2) is 5.09. The van der Waals surface area contributed by atoms with Gasteiger partial charge in [-0.1, -0.05) is 0 Å². The number of hydrogen-bond acceptors (Lipinski definition) is 6. The lowest BCUT2D eigenvalue weighted by molar-refractivity contribution is -0.424. The molecule has 2 rings (SSSR count). The summed E-state index contributed by atoms with van der Waals surface area (Å²) in [5.41, 5.74) is 0.0503. The van der Waals surface area contributed by atoms with E-state index in [4.69, 9.17) is 0 Å². The van der Waals surface area contributed by atoms with Gasteiger partial charge in [0.15, 0.2) is 9.84 Å². The van der Waals surface area contributed by atoms with Crippen molar-refractivity contribution in [2.45, 2.75) is 6.92 Å². The van der Waals surface area contributed by atoms with Crippen molar-refractivity contribution in [2.75, 3.05) is 5.75 Å². The standard InChI is InChI=1S/C12H10N2O6S/c1-8-11(14(17)18)7-21(19,20)12(8)6-9-2-4-10(5-3-9)13(15)16/h2-6H,7H2,1H3. The zero-order valence-corrected chi connectivity index (χ0v) is 11.7. The van der Waals surface area contributed by atoms with E-state index in [1.54, 1.807) is 0 Å². The predicted octanol–water partition coefficient (Wildman–Crippen LogP) is 1.91. The summed E-state index contributed by atoms with van der Waals surface area (Å²) in [5, 5.41) is 21.3. The predicted molar refractivity (Wildman–Crippen MR) is 74.6 cm³/mol. The first-order valence-electron chi connectivity index (χ1n) is 5.76. The fourth-order valence-corrected chi connectivity index (χ4v) is 3.71. The summed E-state index contributed by atoms with van der Waals surface area (Å²) in [4.78, 5) is 19.9. The third kappa shape index (κ3) is 2.82. The molecule has 21 heavy (non-hydrogen) atoms. The average Bonchev–Trinajstić information content (AvgIpc) is 2.63. The first-order chi connectivity index (χ1) is 9.72. The van der Waals surface area contributed by atoms with Crippen molar-refractivity contribution in [3.8, 4) is 0 Å². The molecule has 0 saturated carbocycles. The second-order valence-electron chi connectivity index (χ2n) is 4.45. The lowest BCUT2D eigenvalue weighted by Gasteiger charge is -1.99. The summed E-state index contributed by atoms with van der Waals surface area (Å²) < 4.78 is 23.9. The Balaban J connectivity index is 2.48. The van der Waals surface area contributed by atoms with Crippen LogP contribution < -0.4 is 0 Å². The van der Waals surface area contributed by atoms with Crippen molar-refractivity contribution in [1.29, 1.82) is 0 Å². The van der Waals surface area contributed by atoms with E-state index in [2.05, 4.69) is 0 Å². The minimum absolute atomic E-state index is 0.0957. The summed E-state index contributed by atoms with van der Waals surface area (Å²) in [6, 6.07) is 5.25. The fraction of sp³-hybridized carbons (Fsp3) is 0.167. The zero-order valence-electron chi connectivity index (χ0n) is 10.8. The third-order valence-electron chi connectivity index (χ3n) is 3.09. The molecule has 0 bridgehead atoms. The van der Waals surface area contributed by atoms with E-state index in [-0.39, 0.29) is 21.9 Å². The van der Waals surface area contributed by atoms with Gasteiger partial charge < -0.3 is 0 Å². The number of hydrogen-bond donors (Lipinski definition) is 0. The number of nitro groups is 2. The van der Waals surface area contributed by atoms with Crippen molar-refractivity contribution in [3.63, 3.8) is 0 Å². The number of non-ortho nitro benzene ring substituents is 1. The van der Waals surface area contributed by atoms with Gasteiger partial charge >= 0.3 is 0 Å². The molecule has 0 aliphatic carbocycles. The van der Waals surface area contributed by atoms with E-state index < -0.39 is 25.4 Å². The molecule has 0 amide bonds. The fourth-order valence-electron chi connectivity index (χ4n) is 1.97. The Morgan fingerprint density at radius 2 is 1.67 bits per heavy atom. The maximum Gasteiger partial charge on any atom is 0.269 e. The summed E-state index contributed by atoms with van der Waals surface area (Å²) in [6.07, 6.45) is 1.28. The highest BCUT2D eigenvalue weighted by Crippen LogP contribution is 2.32. The van der Waals surface area contributed by atoms with Gasteiger partial charge in [0.2, 0.25) is 0 Å². The van der Waals surface area contributed by atoms with E-state index in [1.807, 2.05) is 0 Å². The van der Waals surface area contributed by atoms with Gasteiger partial charge in [0.05, 0.1) is 14.8 Å². The van der Waals surface area contributed by atoms with Crippen LogP contribution in [0.4, 0.5) is 5.69 Å². The molecule has 0 spiro atoms. The van der Waals surface area contributed by atoms with Crippen molar-refractivity contribution < 1.29 is 18.3 Å². The van der Waals surface area contributed by atoms with Crippen molar-refractivity contribution in [3.05, 3.63) is 66.2 Å². The molecule has 1 aromatic rings. The van der Waals surface area contributed by atoms with Crippen LogP contribution in [0.25, 0.3) is 6.08 Å². The van der Waals surface area contributed by atoms with Gasteiger partial charge in [-0.25, -0.2) is 8.42 Å². The van der Waals surface area contributed by atoms with Gasteiger partial charge in [0.1, 0.15) is 5.75 Å². The highest BCUT2D eigenvalue weighted by Gasteiger charge is 2.38. The van der Waals surface area contributed by atoms with Crippen LogP contribution in [0, 0.1) is 20.2 Å². The molecule has 0 radical (unpaired) electrons. The Labute approximate surface area is 119 Å². The van der Waals surface area contributed by atoms with Crippen molar-refractivity contribution >= 4 is 21.6 Å². The van der Waals surface area contributed by atoms with Gasteiger partial charge in [-0.15, -0.1) is 0 Å². The van der Waals surface area contributed by atoms with Gasteiger partial charge in [0.25, 0.3) is 11.4 Å². The van der Waals surface area contributed by atoms with Crippen LogP contribution in [0.2, 0.25) is 0 Å². The zero-order chi connectivity index (χ0) is 15.8. The number of sulfone groups is 1. The minimum atomic E-state index is -3.74. The van der Waals surface area contributed by atoms with Crippen molar-refractivity contribution in [2.24, 2.45) is 0 Å². The SMILES string of the molecule is CC1=C([N+](=O)[O-])CS(=O)(=O)C1=Cc1ccc([N+](=O)[O-])cc1. The van der Waals surface area contributed by atoms with E-state index in [0.717, 1.165) is 0 Å². The Morgan fingerprint density at radius 1 is 1.10 bits per heavy atom. The summed E-state index contributed by atoms with van der Waals surface area (Å²) in [6.45, 7) is 1.37. The highest BCUT2D eigenvalue weighted by atomic mass is 32.2. The second-order valence-corrected chi connectivity index (χ2v) is 6.40. The normalized spacial score (nSPS) is 19.0. The Kier molecular flexibility index (Phi) is 3.60. The highest BCUT2D eigenvalue weighted by molar-refractivity contribution is 7.96. The Bertz CT molecular complexity index is 790. The molecule has 0 fully saturated rings. The van der Waals surface area contributed by atoms with Crippen LogP contribution in [0.5, 0.6) is 0 Å². The van der Waals surface area contributed by atoms with Gasteiger partial charge in [-0.05, 0) is 30.7 Å². The lowest BCUT2D eigenvalue weighted by Crippen LogP contribution is -2.06. The first kappa shape index (κ1) is 14.9. The molecule has 1 heterocycles. The Morgan fingerprint density at radius 3 is 2.10 bits per heavy atom. The van der Waals surface area contributed by atoms with Crippen LogP contribution in [-0.2, 0) is 9.84 Å². The summed E-state index contributed by atoms with van der Waals surface area (Å²) >= 11 is 0. The monoisotopic (exact) mass is 310 g/mol. The first-order valence-corrected chi connectivity index (χ1v) is 7.41. The molecule has 0 saturated heterocycles. The molecule has 1 aliphatic rings. The van der Waals surface area contributed by atoms with E-state index >= 15 is 0 Å². The Hall–Kier alpha value is -2.55. The number of allylic oxidation sites excluding steroid dienone is 1. The molecule has 1 aromatic carbocycles. The molecular weight excluding hydrogens is 300 g/mol. The van der Waals surface area contributed by atoms with Crippen LogP contribution >= 0.6 is 0 Å². The number of nitrogens with zero attached hydrogens (tertiary/aromatic N) is 2. The van der Waals surface area contributed by atoms with Gasteiger partial charge in [0, 0.05) is 17.7 Å². The van der Waals surface area contributed by atoms with Crippen LogP contribution in [-0.4, -0.2) is 24.0 Å². The molecule has 0 N–H and O–H groups in total. The summed E-state index contributed by atoms with van der Waals surface area (Å²) in [5.74, 6) is -0.634. The van der Waals surface area contributed by atoms with E-state index in [0.29, 0.717) is 5.56 Å². The van der Waals surface area contributed by atoms with Crippen LogP contribution in [0.1, 0.15) is 12.5 Å². The van der Waals surface area contributed by atoms with Crippen LogP contribution in [0.3, 0.4) is 0 Å². The average molecular weight is 310 g/mol. The molecule has 110 valence electrons. The van der Waals surface area contributed by atoms with Gasteiger partial charge in [-0.2, -0.15) is 0 Å². The van der Waals surface area contributed by atoms with Gasteiger partial charge in [-0.3, -0.25) is 20.2 Å². The topological polar surface area (TPSA) is 120 Å². The maximum atomic E-state index is 11.9. The molecule has 8 nitrogen and oxygen atoms in total. The number of nitro benzene ring substituents is 1. The number of benzene rings is 1. The molecule has 0 atom stereocenters. The summed E-state index contributed by atoms with van der Waals surface area (Å²) in [7, 11) is -3.74. The molecule has 0 unspecified atom stereocenters. The molecule has 0 aromatic heterocycles. The van der Waals surface area contributed by atoms with E-state index in [9.17, 15) is 28.6 Å². The molecule has 9 heteroatoms. The third-order valence-corrected chi connectivity index (χ3v) is 4.83. The molecule has 1 aliphatic heterocycles. The number of rotatable bonds is 3.